The van der Waals surface area contributed by atoms with E-state index < -0.39 is 0 Å². The summed E-state index contributed by atoms with van der Waals surface area (Å²) in [6.45, 7) is 0.172. The molecular formula is C23H20ClN3O. The Labute approximate surface area is 169 Å². The summed E-state index contributed by atoms with van der Waals surface area (Å²) >= 11 is 6.33. The Morgan fingerprint density at radius 3 is 2.39 bits per heavy atom. The number of fused-ring (bicyclic) bond motifs is 1. The van der Waals surface area contributed by atoms with Crippen LogP contribution in [0.3, 0.4) is 0 Å². The molecule has 1 atom stereocenters. The maximum absolute atomic E-state index is 12.8. The molecule has 3 aromatic carbocycles. The highest BCUT2D eigenvalue weighted by atomic mass is 35.5. The molecule has 5 heteroatoms. The summed E-state index contributed by atoms with van der Waals surface area (Å²) in [5.74, 6) is -0.0211. The third-order valence-electron chi connectivity index (χ3n) is 4.88. The fraction of sp³-hybridized carbons (Fsp3) is 0.130. The fourth-order valence-electron chi connectivity index (χ4n) is 3.46. The molecule has 0 spiro atoms. The molecule has 0 saturated heterocycles. The van der Waals surface area contributed by atoms with Gasteiger partial charge >= 0.3 is 0 Å². The Balaban J connectivity index is 1.85. The van der Waals surface area contributed by atoms with Crippen LogP contribution in [0.5, 0.6) is 0 Å². The molecular weight excluding hydrogens is 370 g/mol. The van der Waals surface area contributed by atoms with Gasteiger partial charge in [-0.25, -0.2) is 0 Å². The number of hydrazone groups is 1. The lowest BCUT2D eigenvalue weighted by molar-refractivity contribution is -0.119. The van der Waals surface area contributed by atoms with E-state index >= 15 is 0 Å². The molecule has 0 N–H and O–H groups in total. The predicted octanol–water partition coefficient (Wildman–Crippen LogP) is 4.74. The molecule has 28 heavy (non-hydrogen) atoms. The van der Waals surface area contributed by atoms with Crippen LogP contribution in [0, 0.1) is 0 Å². The number of carbonyl (C=O) groups is 1. The van der Waals surface area contributed by atoms with Crippen molar-refractivity contribution in [3.8, 4) is 0 Å². The van der Waals surface area contributed by atoms with Gasteiger partial charge in [-0.15, -0.1) is 0 Å². The number of anilines is 1. The number of hydrogen-bond donors (Lipinski definition) is 0. The molecule has 0 fully saturated rings. The molecule has 0 saturated carbocycles. The van der Waals surface area contributed by atoms with Crippen LogP contribution in [0.1, 0.15) is 22.7 Å². The van der Waals surface area contributed by atoms with Gasteiger partial charge < -0.3 is 4.90 Å². The zero-order chi connectivity index (χ0) is 19.5. The Kier molecular flexibility index (Phi) is 5.13. The number of halogens is 1. The minimum absolute atomic E-state index is 0.0211. The number of amides is 1. The summed E-state index contributed by atoms with van der Waals surface area (Å²) in [6, 6.07) is 25.4. The van der Waals surface area contributed by atoms with Crippen LogP contribution < -0.4 is 4.90 Å². The van der Waals surface area contributed by atoms with Crippen molar-refractivity contribution in [1.29, 1.82) is 0 Å². The van der Waals surface area contributed by atoms with Gasteiger partial charge in [0.2, 0.25) is 5.91 Å². The Hall–Kier alpha value is -3.11. The zero-order valence-corrected chi connectivity index (χ0v) is 16.3. The summed E-state index contributed by atoms with van der Waals surface area (Å²) in [5.41, 5.74) is 3.84. The van der Waals surface area contributed by atoms with Gasteiger partial charge in [0.15, 0.2) is 0 Å². The molecule has 1 heterocycles. The van der Waals surface area contributed by atoms with Crippen molar-refractivity contribution in [2.75, 3.05) is 18.5 Å². The van der Waals surface area contributed by atoms with Crippen LogP contribution in [-0.4, -0.2) is 30.7 Å². The maximum Gasteiger partial charge on any atom is 0.248 e. The van der Waals surface area contributed by atoms with Gasteiger partial charge in [-0.3, -0.25) is 9.80 Å². The minimum atomic E-state index is -0.219. The summed E-state index contributed by atoms with van der Waals surface area (Å²) in [6.07, 6.45) is 1.79. The van der Waals surface area contributed by atoms with Crippen LogP contribution in [-0.2, 0) is 4.79 Å². The third-order valence-corrected chi connectivity index (χ3v) is 5.12. The van der Waals surface area contributed by atoms with Crippen LogP contribution in [0.25, 0.3) is 0 Å². The molecule has 0 aliphatic carbocycles. The number of rotatable bonds is 3. The summed E-state index contributed by atoms with van der Waals surface area (Å²) in [5, 5.41) is 7.17. The van der Waals surface area contributed by atoms with E-state index in [1.165, 1.54) is 0 Å². The first-order chi connectivity index (χ1) is 13.6. The average Bonchev–Trinajstić information content (AvgIpc) is 2.82. The standard InChI is InChI=1S/C23H20ClN3O/c1-26-21-13-12-19(24)14-20(21)23(18-10-6-3-7-11-18)27(16-22(26)28)25-15-17-8-4-2-5-9-17/h2-15,23H,16H2,1H3/b25-15+. The first-order valence-electron chi connectivity index (χ1n) is 9.10. The van der Waals surface area contributed by atoms with Crippen molar-refractivity contribution >= 4 is 29.4 Å². The van der Waals surface area contributed by atoms with Crippen molar-refractivity contribution in [1.82, 2.24) is 5.01 Å². The van der Waals surface area contributed by atoms with Crippen molar-refractivity contribution in [2.24, 2.45) is 5.10 Å². The second-order valence-electron chi connectivity index (χ2n) is 6.72. The summed E-state index contributed by atoms with van der Waals surface area (Å²) in [4.78, 5) is 14.5. The first kappa shape index (κ1) is 18.3. The van der Waals surface area contributed by atoms with Gasteiger partial charge in [-0.05, 0) is 29.3 Å². The van der Waals surface area contributed by atoms with E-state index in [1.54, 1.807) is 18.2 Å². The molecule has 1 aliphatic rings. The largest absolute Gasteiger partial charge is 0.314 e. The zero-order valence-electron chi connectivity index (χ0n) is 15.5. The molecule has 4 rings (SSSR count). The lowest BCUT2D eigenvalue weighted by Crippen LogP contribution is -2.34. The van der Waals surface area contributed by atoms with Crippen LogP contribution in [0.2, 0.25) is 5.02 Å². The molecule has 1 amide bonds. The summed E-state index contributed by atoms with van der Waals surface area (Å²) < 4.78 is 0. The number of carbonyl (C=O) groups excluding carboxylic acids is 1. The van der Waals surface area contributed by atoms with Crippen molar-refractivity contribution in [3.05, 3.63) is 101 Å². The highest BCUT2D eigenvalue weighted by Gasteiger charge is 2.32. The molecule has 1 aliphatic heterocycles. The van der Waals surface area contributed by atoms with Crippen molar-refractivity contribution in [2.45, 2.75) is 6.04 Å². The molecule has 3 aromatic rings. The van der Waals surface area contributed by atoms with Gasteiger partial charge in [0, 0.05) is 23.3 Å². The maximum atomic E-state index is 12.8. The number of likely N-dealkylation sites (N-methyl/N-ethyl adjacent to an activating group) is 1. The predicted molar refractivity (Wildman–Crippen MR) is 114 cm³/mol. The molecule has 140 valence electrons. The van der Waals surface area contributed by atoms with Gasteiger partial charge in [0.05, 0.1) is 12.3 Å². The average molecular weight is 390 g/mol. The fourth-order valence-corrected chi connectivity index (χ4v) is 3.64. The van der Waals surface area contributed by atoms with E-state index in [0.717, 1.165) is 22.4 Å². The Morgan fingerprint density at radius 1 is 1.00 bits per heavy atom. The monoisotopic (exact) mass is 389 g/mol. The Bertz CT molecular complexity index is 1000. The van der Waals surface area contributed by atoms with Crippen LogP contribution in [0.4, 0.5) is 5.69 Å². The van der Waals surface area contributed by atoms with Gasteiger partial charge in [0.25, 0.3) is 0 Å². The van der Waals surface area contributed by atoms with Crippen molar-refractivity contribution < 1.29 is 4.79 Å². The first-order valence-corrected chi connectivity index (χ1v) is 9.48. The van der Waals surface area contributed by atoms with Gasteiger partial charge in [-0.2, -0.15) is 5.10 Å². The normalized spacial score (nSPS) is 16.9. The topological polar surface area (TPSA) is 35.9 Å². The molecule has 4 nitrogen and oxygen atoms in total. The lowest BCUT2D eigenvalue weighted by atomic mass is 9.97. The quantitative estimate of drug-likeness (QED) is 0.606. The van der Waals surface area contributed by atoms with E-state index in [0.29, 0.717) is 5.02 Å². The number of benzene rings is 3. The van der Waals surface area contributed by atoms with E-state index in [-0.39, 0.29) is 18.5 Å². The van der Waals surface area contributed by atoms with Crippen molar-refractivity contribution in [3.63, 3.8) is 0 Å². The smallest absolute Gasteiger partial charge is 0.248 e. The Morgan fingerprint density at radius 2 is 1.68 bits per heavy atom. The van der Waals surface area contributed by atoms with E-state index in [1.807, 2.05) is 71.7 Å². The summed E-state index contributed by atoms with van der Waals surface area (Å²) in [7, 11) is 1.79. The minimum Gasteiger partial charge on any atom is -0.314 e. The van der Waals surface area contributed by atoms with E-state index in [4.69, 9.17) is 16.7 Å². The second kappa shape index (κ2) is 7.87. The van der Waals surface area contributed by atoms with E-state index in [2.05, 4.69) is 12.1 Å². The molecule has 0 bridgehead atoms. The third kappa shape index (κ3) is 3.64. The molecule has 0 aromatic heterocycles. The highest BCUT2D eigenvalue weighted by Crippen LogP contribution is 2.39. The SMILES string of the molecule is CN1C(=O)CN(/N=C/c2ccccc2)C(c2ccccc2)c2cc(Cl)ccc21. The van der Waals surface area contributed by atoms with Crippen LogP contribution in [0.15, 0.2) is 84.0 Å². The second-order valence-corrected chi connectivity index (χ2v) is 7.16. The lowest BCUT2D eigenvalue weighted by Gasteiger charge is -2.28. The molecule has 0 radical (unpaired) electrons. The number of nitrogens with zero attached hydrogens (tertiary/aromatic N) is 3. The number of hydrogen-bond acceptors (Lipinski definition) is 3. The van der Waals surface area contributed by atoms with E-state index in [9.17, 15) is 4.79 Å². The highest BCUT2D eigenvalue weighted by molar-refractivity contribution is 6.30. The molecule has 1 unspecified atom stereocenters. The van der Waals surface area contributed by atoms with Gasteiger partial charge in [0.1, 0.15) is 6.54 Å². The van der Waals surface area contributed by atoms with Gasteiger partial charge in [-0.1, -0.05) is 72.3 Å². The van der Waals surface area contributed by atoms with Crippen LogP contribution >= 0.6 is 11.6 Å².